The number of halogens is 2. The van der Waals surface area contributed by atoms with Crippen LogP contribution in [0.15, 0.2) is 30.5 Å². The quantitative estimate of drug-likeness (QED) is 0.863. The number of nitrogens with zero attached hydrogens (tertiary/aromatic N) is 2. The van der Waals surface area contributed by atoms with Crippen molar-refractivity contribution < 1.29 is 9.50 Å². The minimum Gasteiger partial charge on any atom is -0.388 e. The monoisotopic (exact) mass is 310 g/mol. The van der Waals surface area contributed by atoms with Crippen LogP contribution in [0.1, 0.15) is 50.1 Å². The van der Waals surface area contributed by atoms with E-state index in [-0.39, 0.29) is 12.0 Å². The number of hydrogen-bond acceptors (Lipinski definition) is 2. The van der Waals surface area contributed by atoms with Crippen molar-refractivity contribution in [1.82, 2.24) is 9.78 Å². The fourth-order valence-corrected chi connectivity index (χ4v) is 2.59. The van der Waals surface area contributed by atoms with E-state index in [9.17, 15) is 9.50 Å². The van der Waals surface area contributed by atoms with Crippen LogP contribution in [0.3, 0.4) is 0 Å². The SMILES string of the molecule is CCC(CC)n1ccc(CC(O)c2ccc(Cl)cc2F)n1. The van der Waals surface area contributed by atoms with Crippen molar-refractivity contribution in [2.75, 3.05) is 0 Å². The highest BCUT2D eigenvalue weighted by Gasteiger charge is 2.16. The van der Waals surface area contributed by atoms with Gasteiger partial charge in [-0.3, -0.25) is 4.68 Å². The highest BCUT2D eigenvalue weighted by molar-refractivity contribution is 6.30. The molecular formula is C16H20ClFN2O. The van der Waals surface area contributed by atoms with Crippen molar-refractivity contribution in [2.45, 2.75) is 45.3 Å². The molecule has 0 amide bonds. The van der Waals surface area contributed by atoms with Gasteiger partial charge in [-0.05, 0) is 31.0 Å². The Kier molecular flexibility index (Phi) is 5.37. The van der Waals surface area contributed by atoms with Gasteiger partial charge in [-0.2, -0.15) is 5.10 Å². The maximum absolute atomic E-state index is 13.8. The first-order valence-electron chi connectivity index (χ1n) is 7.22. The molecule has 2 aromatic rings. The highest BCUT2D eigenvalue weighted by Crippen LogP contribution is 2.24. The molecule has 0 radical (unpaired) electrons. The average Bonchev–Trinajstić information content (AvgIpc) is 2.88. The third kappa shape index (κ3) is 3.83. The minimum atomic E-state index is -0.924. The molecule has 1 unspecified atom stereocenters. The lowest BCUT2D eigenvalue weighted by molar-refractivity contribution is 0.172. The van der Waals surface area contributed by atoms with E-state index in [1.165, 1.54) is 12.1 Å². The first kappa shape index (κ1) is 16.0. The number of benzene rings is 1. The molecule has 2 rings (SSSR count). The maximum Gasteiger partial charge on any atom is 0.130 e. The maximum atomic E-state index is 13.8. The topological polar surface area (TPSA) is 38.0 Å². The molecule has 21 heavy (non-hydrogen) atoms. The summed E-state index contributed by atoms with van der Waals surface area (Å²) in [7, 11) is 0. The van der Waals surface area contributed by atoms with Crippen LogP contribution in [-0.4, -0.2) is 14.9 Å². The normalized spacial score (nSPS) is 12.9. The Morgan fingerprint density at radius 3 is 2.62 bits per heavy atom. The molecule has 1 aromatic heterocycles. The van der Waals surface area contributed by atoms with Gasteiger partial charge in [-0.15, -0.1) is 0 Å². The minimum absolute atomic E-state index is 0.247. The second-order valence-electron chi connectivity index (χ2n) is 5.14. The van der Waals surface area contributed by atoms with Crippen molar-refractivity contribution in [1.29, 1.82) is 0 Å². The van der Waals surface area contributed by atoms with Crippen molar-refractivity contribution in [2.24, 2.45) is 0 Å². The Balaban J connectivity index is 2.11. The van der Waals surface area contributed by atoms with E-state index in [0.717, 1.165) is 18.5 Å². The van der Waals surface area contributed by atoms with Gasteiger partial charge in [0.1, 0.15) is 5.82 Å². The summed E-state index contributed by atoms with van der Waals surface area (Å²) in [6.45, 7) is 4.24. The summed E-state index contributed by atoms with van der Waals surface area (Å²) < 4.78 is 15.7. The summed E-state index contributed by atoms with van der Waals surface area (Å²) in [5.74, 6) is -0.491. The molecule has 0 saturated carbocycles. The second-order valence-corrected chi connectivity index (χ2v) is 5.58. The number of rotatable bonds is 6. The lowest BCUT2D eigenvalue weighted by atomic mass is 10.0. The van der Waals surface area contributed by atoms with Gasteiger partial charge >= 0.3 is 0 Å². The number of aliphatic hydroxyl groups excluding tert-OH is 1. The number of hydrogen-bond donors (Lipinski definition) is 1. The molecule has 1 atom stereocenters. The smallest absolute Gasteiger partial charge is 0.130 e. The van der Waals surface area contributed by atoms with Crippen molar-refractivity contribution in [3.63, 3.8) is 0 Å². The van der Waals surface area contributed by atoms with Crippen LogP contribution in [0, 0.1) is 5.82 Å². The van der Waals surface area contributed by atoms with E-state index >= 15 is 0 Å². The lowest BCUT2D eigenvalue weighted by Crippen LogP contribution is -2.09. The Labute approximate surface area is 129 Å². The van der Waals surface area contributed by atoms with E-state index in [4.69, 9.17) is 11.6 Å². The van der Waals surface area contributed by atoms with Crippen LogP contribution in [0.5, 0.6) is 0 Å². The molecule has 0 aliphatic rings. The molecule has 1 N–H and O–H groups in total. The van der Waals surface area contributed by atoms with Gasteiger partial charge < -0.3 is 5.11 Å². The average molecular weight is 311 g/mol. The van der Waals surface area contributed by atoms with Gasteiger partial charge in [-0.25, -0.2) is 4.39 Å². The van der Waals surface area contributed by atoms with Gasteiger partial charge in [0.25, 0.3) is 0 Å². The van der Waals surface area contributed by atoms with Crippen molar-refractivity contribution in [3.8, 4) is 0 Å². The molecular weight excluding hydrogens is 291 g/mol. The molecule has 0 bridgehead atoms. The van der Waals surface area contributed by atoms with E-state index < -0.39 is 11.9 Å². The summed E-state index contributed by atoms with van der Waals surface area (Å²) in [5.41, 5.74) is 1.00. The second kappa shape index (κ2) is 7.05. The molecule has 0 aliphatic carbocycles. The largest absolute Gasteiger partial charge is 0.388 e. The molecule has 1 heterocycles. The van der Waals surface area contributed by atoms with Crippen LogP contribution in [0.25, 0.3) is 0 Å². The molecule has 0 saturated heterocycles. The summed E-state index contributed by atoms with van der Waals surface area (Å²) >= 11 is 5.71. The Hall–Kier alpha value is -1.39. The highest BCUT2D eigenvalue weighted by atomic mass is 35.5. The van der Waals surface area contributed by atoms with Gasteiger partial charge in [0, 0.05) is 23.2 Å². The number of aromatic nitrogens is 2. The first-order chi connectivity index (χ1) is 10.0. The molecule has 0 fully saturated rings. The van der Waals surface area contributed by atoms with Crippen LogP contribution in [0.4, 0.5) is 4.39 Å². The molecule has 3 nitrogen and oxygen atoms in total. The molecule has 114 valence electrons. The summed E-state index contributed by atoms with van der Waals surface area (Å²) in [5, 5.41) is 15.0. The zero-order valence-corrected chi connectivity index (χ0v) is 13.0. The molecule has 5 heteroatoms. The van der Waals surface area contributed by atoms with Crippen LogP contribution in [-0.2, 0) is 6.42 Å². The standard InChI is InChI=1S/C16H20ClFN2O/c1-3-13(4-2)20-8-7-12(19-20)10-16(21)14-6-5-11(17)9-15(14)18/h5-9,13,16,21H,3-4,10H2,1-2H3. The molecule has 1 aromatic carbocycles. The van der Waals surface area contributed by atoms with E-state index in [1.54, 1.807) is 6.07 Å². The fourth-order valence-electron chi connectivity index (χ4n) is 2.43. The third-order valence-corrected chi connectivity index (χ3v) is 3.94. The predicted octanol–water partition coefficient (Wildman–Crippen LogP) is 4.31. The van der Waals surface area contributed by atoms with Gasteiger partial charge in [0.05, 0.1) is 17.8 Å². The van der Waals surface area contributed by atoms with E-state index in [2.05, 4.69) is 18.9 Å². The Bertz CT molecular complexity index is 596. The first-order valence-corrected chi connectivity index (χ1v) is 7.60. The number of aliphatic hydroxyl groups is 1. The molecule has 0 spiro atoms. The van der Waals surface area contributed by atoms with Gasteiger partial charge in [0.2, 0.25) is 0 Å². The third-order valence-electron chi connectivity index (χ3n) is 3.70. The predicted molar refractivity (Wildman–Crippen MR) is 81.9 cm³/mol. The van der Waals surface area contributed by atoms with Crippen molar-refractivity contribution >= 4 is 11.6 Å². The molecule has 0 aliphatic heterocycles. The Morgan fingerprint density at radius 1 is 1.29 bits per heavy atom. The van der Waals surface area contributed by atoms with E-state index in [1.807, 2.05) is 16.9 Å². The fraction of sp³-hybridized carbons (Fsp3) is 0.438. The zero-order chi connectivity index (χ0) is 15.4. The van der Waals surface area contributed by atoms with Gasteiger partial charge in [0.15, 0.2) is 0 Å². The van der Waals surface area contributed by atoms with Crippen LogP contribution in [0.2, 0.25) is 5.02 Å². The summed E-state index contributed by atoms with van der Waals surface area (Å²) in [6.07, 6.45) is 3.29. The van der Waals surface area contributed by atoms with Crippen molar-refractivity contribution in [3.05, 3.63) is 52.6 Å². The summed E-state index contributed by atoms with van der Waals surface area (Å²) in [6, 6.07) is 6.54. The van der Waals surface area contributed by atoms with Gasteiger partial charge in [-0.1, -0.05) is 31.5 Å². The summed E-state index contributed by atoms with van der Waals surface area (Å²) in [4.78, 5) is 0. The lowest BCUT2D eigenvalue weighted by Gasteiger charge is -2.13. The van der Waals surface area contributed by atoms with E-state index in [0.29, 0.717) is 11.1 Å². The van der Waals surface area contributed by atoms with Crippen LogP contribution >= 0.6 is 11.6 Å². The van der Waals surface area contributed by atoms with Crippen LogP contribution < -0.4 is 0 Å². The zero-order valence-electron chi connectivity index (χ0n) is 12.3. The Morgan fingerprint density at radius 2 is 2.00 bits per heavy atom.